The molecule has 6 heteroatoms. The molecule has 1 atom stereocenters. The van der Waals surface area contributed by atoms with Gasteiger partial charge in [-0.3, -0.25) is 9.59 Å². The highest BCUT2D eigenvalue weighted by Gasteiger charge is 2.27. The molecule has 0 bridgehead atoms. The van der Waals surface area contributed by atoms with E-state index >= 15 is 0 Å². The molecule has 5 nitrogen and oxygen atoms in total. The topological polar surface area (TPSA) is 62.3 Å². The van der Waals surface area contributed by atoms with Crippen molar-refractivity contribution in [3.8, 4) is 0 Å². The molecule has 1 saturated heterocycles. The second kappa shape index (κ2) is 6.44. The lowest BCUT2D eigenvalue weighted by molar-refractivity contribution is -0.137. The van der Waals surface area contributed by atoms with E-state index in [1.807, 2.05) is 24.3 Å². The van der Waals surface area contributed by atoms with Crippen molar-refractivity contribution in [1.82, 2.24) is 9.88 Å². The summed E-state index contributed by atoms with van der Waals surface area (Å²) in [4.78, 5) is 30.6. The second-order valence-corrected chi connectivity index (χ2v) is 6.58. The Balaban J connectivity index is 1.71. The number of nitrogens with zero attached hydrogens (tertiary/aromatic N) is 2. The van der Waals surface area contributed by atoms with Crippen LogP contribution in [0.2, 0.25) is 0 Å². The third-order valence-corrected chi connectivity index (χ3v) is 4.93. The number of rotatable bonds is 3. The highest BCUT2D eigenvalue weighted by atomic mass is 32.1. The fraction of sp³-hybridized carbons (Fsp3) is 0.438. The van der Waals surface area contributed by atoms with Crippen molar-refractivity contribution in [2.45, 2.75) is 38.6 Å². The van der Waals surface area contributed by atoms with Crippen molar-refractivity contribution in [1.29, 1.82) is 0 Å². The summed E-state index contributed by atoms with van der Waals surface area (Å²) in [7, 11) is 0. The largest absolute Gasteiger partial charge is 0.331 e. The predicted octanol–water partition coefficient (Wildman–Crippen LogP) is 3.03. The lowest BCUT2D eigenvalue weighted by atomic mass is 10.2. The van der Waals surface area contributed by atoms with Gasteiger partial charge in [0.2, 0.25) is 11.8 Å². The smallest absolute Gasteiger partial charge is 0.248 e. The van der Waals surface area contributed by atoms with E-state index in [0.717, 1.165) is 29.5 Å². The maximum Gasteiger partial charge on any atom is 0.248 e. The van der Waals surface area contributed by atoms with Gasteiger partial charge in [0.05, 0.1) is 10.2 Å². The number of thiazole rings is 1. The molecule has 0 aliphatic carbocycles. The van der Waals surface area contributed by atoms with Crippen molar-refractivity contribution in [3.63, 3.8) is 0 Å². The number of benzene rings is 1. The van der Waals surface area contributed by atoms with Crippen LogP contribution in [-0.4, -0.2) is 34.3 Å². The van der Waals surface area contributed by atoms with Crippen LogP contribution in [0.25, 0.3) is 10.2 Å². The van der Waals surface area contributed by atoms with Gasteiger partial charge in [0.1, 0.15) is 6.04 Å². The molecule has 0 unspecified atom stereocenters. The number of aromatic nitrogens is 1. The summed E-state index contributed by atoms with van der Waals surface area (Å²) in [6, 6.07) is 7.31. The van der Waals surface area contributed by atoms with E-state index in [9.17, 15) is 9.59 Å². The quantitative estimate of drug-likeness (QED) is 0.946. The molecule has 3 rings (SSSR count). The molecule has 22 heavy (non-hydrogen) atoms. The summed E-state index contributed by atoms with van der Waals surface area (Å²) in [5.41, 5.74) is 0.876. The standard InChI is InChI=1S/C16H19N3O2S/c1-11(19-10-6-2-3-9-14(19)20)15(21)18-16-17-12-7-4-5-8-13(12)22-16/h4-5,7-8,11H,2-3,6,9-10H2,1H3,(H,17,18,21)/t11-/m0/s1. The van der Waals surface area contributed by atoms with Crippen molar-refractivity contribution in [2.24, 2.45) is 0 Å². The molecular formula is C16H19N3O2S. The summed E-state index contributed by atoms with van der Waals surface area (Å²) in [6.45, 7) is 2.44. The molecule has 2 amide bonds. The zero-order valence-electron chi connectivity index (χ0n) is 12.5. The number of nitrogens with one attached hydrogen (secondary N) is 1. The van der Waals surface area contributed by atoms with Crippen molar-refractivity contribution < 1.29 is 9.59 Å². The molecule has 0 saturated carbocycles. The Hall–Kier alpha value is -1.95. The molecule has 1 aromatic heterocycles. The Bertz CT molecular complexity index is 665. The van der Waals surface area contributed by atoms with Crippen molar-refractivity contribution >= 4 is 38.5 Å². The average Bonchev–Trinajstić information content (AvgIpc) is 2.79. The van der Waals surface area contributed by atoms with Gasteiger partial charge in [0.25, 0.3) is 0 Å². The number of carbonyl (C=O) groups excluding carboxylic acids is 2. The summed E-state index contributed by atoms with van der Waals surface area (Å²) in [5, 5.41) is 3.43. The molecule has 116 valence electrons. The number of hydrogen-bond acceptors (Lipinski definition) is 4. The zero-order chi connectivity index (χ0) is 15.5. The van der Waals surface area contributed by atoms with E-state index < -0.39 is 6.04 Å². The van der Waals surface area contributed by atoms with Crippen LogP contribution >= 0.6 is 11.3 Å². The van der Waals surface area contributed by atoms with Crippen LogP contribution in [0.1, 0.15) is 32.6 Å². The summed E-state index contributed by atoms with van der Waals surface area (Å²) < 4.78 is 1.04. The minimum Gasteiger partial charge on any atom is -0.331 e. The highest BCUT2D eigenvalue weighted by Crippen LogP contribution is 2.25. The van der Waals surface area contributed by atoms with Gasteiger partial charge in [-0.1, -0.05) is 29.9 Å². The van der Waals surface area contributed by atoms with Crippen molar-refractivity contribution in [3.05, 3.63) is 24.3 Å². The summed E-state index contributed by atoms with van der Waals surface area (Å²) in [5.74, 6) is -0.0984. The first-order valence-corrected chi connectivity index (χ1v) is 8.43. The van der Waals surface area contributed by atoms with Gasteiger partial charge in [-0.25, -0.2) is 4.98 Å². The van der Waals surface area contributed by atoms with Crippen LogP contribution in [0.3, 0.4) is 0 Å². The van der Waals surface area contributed by atoms with Crippen LogP contribution in [0.15, 0.2) is 24.3 Å². The van der Waals surface area contributed by atoms with Gasteiger partial charge in [-0.2, -0.15) is 0 Å². The van der Waals surface area contributed by atoms with Gasteiger partial charge in [-0.05, 0) is 31.9 Å². The zero-order valence-corrected chi connectivity index (χ0v) is 13.4. The number of carbonyl (C=O) groups is 2. The number of anilines is 1. The van der Waals surface area contributed by atoms with Gasteiger partial charge in [0, 0.05) is 13.0 Å². The van der Waals surface area contributed by atoms with E-state index in [1.54, 1.807) is 11.8 Å². The molecule has 0 spiro atoms. The number of likely N-dealkylation sites (tertiary alicyclic amines) is 1. The summed E-state index contributed by atoms with van der Waals surface area (Å²) in [6.07, 6.45) is 3.47. The van der Waals surface area contributed by atoms with Gasteiger partial charge in [-0.15, -0.1) is 0 Å². The molecule has 0 radical (unpaired) electrons. The van der Waals surface area contributed by atoms with E-state index in [0.29, 0.717) is 18.1 Å². The Morgan fingerprint density at radius 1 is 1.32 bits per heavy atom. The van der Waals surface area contributed by atoms with Gasteiger partial charge < -0.3 is 10.2 Å². The van der Waals surface area contributed by atoms with E-state index in [2.05, 4.69) is 10.3 Å². The van der Waals surface area contributed by atoms with Crippen LogP contribution < -0.4 is 5.32 Å². The third-order valence-electron chi connectivity index (χ3n) is 3.98. The number of hydrogen-bond donors (Lipinski definition) is 1. The third kappa shape index (κ3) is 3.11. The molecular weight excluding hydrogens is 298 g/mol. The van der Waals surface area contributed by atoms with Crippen molar-refractivity contribution in [2.75, 3.05) is 11.9 Å². The second-order valence-electron chi connectivity index (χ2n) is 5.55. The Kier molecular flexibility index (Phi) is 4.38. The maximum atomic E-state index is 12.4. The first-order valence-electron chi connectivity index (χ1n) is 7.61. The molecule has 1 fully saturated rings. The van der Waals surface area contributed by atoms with E-state index in [-0.39, 0.29) is 11.8 Å². The van der Waals surface area contributed by atoms with E-state index in [1.165, 1.54) is 11.3 Å². The first-order chi connectivity index (χ1) is 10.6. The fourth-order valence-corrected chi connectivity index (χ4v) is 3.56. The first kappa shape index (κ1) is 15.0. The van der Waals surface area contributed by atoms with Crippen LogP contribution in [-0.2, 0) is 9.59 Å². The van der Waals surface area contributed by atoms with Gasteiger partial charge >= 0.3 is 0 Å². The molecule has 2 aromatic rings. The minimum absolute atomic E-state index is 0.0736. The SMILES string of the molecule is C[C@@H](C(=O)Nc1nc2ccccc2s1)N1CCCCCC1=O. The Morgan fingerprint density at radius 3 is 2.95 bits per heavy atom. The highest BCUT2D eigenvalue weighted by molar-refractivity contribution is 7.22. The Morgan fingerprint density at radius 2 is 2.14 bits per heavy atom. The average molecular weight is 317 g/mol. The maximum absolute atomic E-state index is 12.4. The lowest BCUT2D eigenvalue weighted by Gasteiger charge is -2.26. The predicted molar refractivity (Wildman–Crippen MR) is 87.9 cm³/mol. The monoisotopic (exact) mass is 317 g/mol. The number of amides is 2. The van der Waals surface area contributed by atoms with Crippen LogP contribution in [0.4, 0.5) is 5.13 Å². The number of para-hydroxylation sites is 1. The summed E-state index contributed by atoms with van der Waals surface area (Å²) >= 11 is 1.45. The molecule has 1 aliphatic rings. The lowest BCUT2D eigenvalue weighted by Crippen LogP contribution is -2.45. The Labute approximate surface area is 133 Å². The normalized spacial score (nSPS) is 17.3. The van der Waals surface area contributed by atoms with Crippen LogP contribution in [0.5, 0.6) is 0 Å². The fourth-order valence-electron chi connectivity index (χ4n) is 2.69. The molecule has 1 aromatic carbocycles. The minimum atomic E-state index is -0.461. The van der Waals surface area contributed by atoms with Gasteiger partial charge in [0.15, 0.2) is 5.13 Å². The van der Waals surface area contributed by atoms with Crippen LogP contribution in [0, 0.1) is 0 Å². The molecule has 1 N–H and O–H groups in total. The molecule has 1 aliphatic heterocycles. The number of fused-ring (bicyclic) bond motifs is 1. The van der Waals surface area contributed by atoms with E-state index in [4.69, 9.17) is 0 Å². The molecule has 2 heterocycles.